The normalized spacial score (nSPS) is 10.8. The number of phenols is 2. The first-order valence-electron chi connectivity index (χ1n) is 8.90. The second-order valence-electron chi connectivity index (χ2n) is 6.45. The molecule has 146 valence electrons. The van der Waals surface area contributed by atoms with Crippen molar-refractivity contribution in [2.45, 2.75) is 6.61 Å². The predicted octanol–water partition coefficient (Wildman–Crippen LogP) is 4.46. The minimum absolute atomic E-state index is 0.0681. The first-order chi connectivity index (χ1) is 14.0. The summed E-state index contributed by atoms with van der Waals surface area (Å²) >= 11 is 0. The van der Waals surface area contributed by atoms with Crippen LogP contribution >= 0.6 is 0 Å². The summed E-state index contributed by atoms with van der Waals surface area (Å²) in [5.41, 5.74) is 1.25. The molecule has 1 aromatic heterocycles. The summed E-state index contributed by atoms with van der Waals surface area (Å²) in [7, 11) is 1.45. The molecule has 0 unspecified atom stereocenters. The number of ether oxygens (including phenoxy) is 2. The van der Waals surface area contributed by atoms with E-state index in [1.165, 1.54) is 25.3 Å². The molecule has 6 heteroatoms. The fraction of sp³-hybridized carbons (Fsp3) is 0.0870. The second-order valence-corrected chi connectivity index (χ2v) is 6.45. The maximum absolute atomic E-state index is 12.5. The van der Waals surface area contributed by atoms with E-state index < -0.39 is 5.43 Å². The molecule has 0 fully saturated rings. The van der Waals surface area contributed by atoms with Crippen molar-refractivity contribution in [3.8, 4) is 34.3 Å². The average Bonchev–Trinajstić information content (AvgIpc) is 2.72. The van der Waals surface area contributed by atoms with Gasteiger partial charge in [-0.25, -0.2) is 0 Å². The Bertz CT molecular complexity index is 1230. The Kier molecular flexibility index (Phi) is 4.83. The van der Waals surface area contributed by atoms with Crippen molar-refractivity contribution in [2.75, 3.05) is 7.11 Å². The molecule has 0 radical (unpaired) electrons. The van der Waals surface area contributed by atoms with Crippen LogP contribution in [0.4, 0.5) is 0 Å². The molecule has 0 amide bonds. The lowest BCUT2D eigenvalue weighted by Gasteiger charge is -2.10. The van der Waals surface area contributed by atoms with Gasteiger partial charge in [-0.15, -0.1) is 0 Å². The Balaban J connectivity index is 1.73. The standard InChI is InChI=1S/C23H18O6/c1-27-20-8-7-15(9-17(20)24)21-12-19(26)23-18(25)10-16(11-22(23)29-21)28-13-14-5-3-2-4-6-14/h2-12,24-25H,13H2,1H3. The summed E-state index contributed by atoms with van der Waals surface area (Å²) in [5, 5.41) is 20.4. The summed E-state index contributed by atoms with van der Waals surface area (Å²) in [6, 6.07) is 18.5. The molecule has 1 heterocycles. The Hall–Kier alpha value is -3.93. The molecule has 4 aromatic rings. The van der Waals surface area contributed by atoms with Crippen molar-refractivity contribution in [2.24, 2.45) is 0 Å². The first-order valence-corrected chi connectivity index (χ1v) is 8.90. The van der Waals surface area contributed by atoms with Gasteiger partial charge in [0.25, 0.3) is 0 Å². The van der Waals surface area contributed by atoms with Crippen LogP contribution in [0, 0.1) is 0 Å². The van der Waals surface area contributed by atoms with E-state index >= 15 is 0 Å². The molecule has 0 spiro atoms. The third kappa shape index (κ3) is 3.73. The highest BCUT2D eigenvalue weighted by Gasteiger charge is 2.14. The number of fused-ring (bicyclic) bond motifs is 1. The maximum atomic E-state index is 12.5. The largest absolute Gasteiger partial charge is 0.507 e. The van der Waals surface area contributed by atoms with E-state index in [1.807, 2.05) is 30.3 Å². The Morgan fingerprint density at radius 2 is 1.72 bits per heavy atom. The Morgan fingerprint density at radius 1 is 0.931 bits per heavy atom. The highest BCUT2D eigenvalue weighted by Crippen LogP contribution is 2.34. The maximum Gasteiger partial charge on any atom is 0.197 e. The topological polar surface area (TPSA) is 89.1 Å². The number of benzene rings is 3. The molecule has 4 rings (SSSR count). The van der Waals surface area contributed by atoms with E-state index in [-0.39, 0.29) is 28.2 Å². The molecule has 3 aromatic carbocycles. The molecule has 29 heavy (non-hydrogen) atoms. The van der Waals surface area contributed by atoms with Crippen molar-refractivity contribution in [3.63, 3.8) is 0 Å². The van der Waals surface area contributed by atoms with Gasteiger partial charge in [-0.2, -0.15) is 0 Å². The van der Waals surface area contributed by atoms with Gasteiger partial charge in [-0.3, -0.25) is 4.79 Å². The lowest BCUT2D eigenvalue weighted by Crippen LogP contribution is -2.02. The van der Waals surface area contributed by atoms with Crippen LogP contribution in [-0.2, 0) is 6.61 Å². The smallest absolute Gasteiger partial charge is 0.197 e. The van der Waals surface area contributed by atoms with Crippen molar-refractivity contribution >= 4 is 11.0 Å². The van der Waals surface area contributed by atoms with Gasteiger partial charge in [0.2, 0.25) is 0 Å². The van der Waals surface area contributed by atoms with Gasteiger partial charge in [-0.05, 0) is 23.8 Å². The predicted molar refractivity (Wildman–Crippen MR) is 109 cm³/mol. The zero-order chi connectivity index (χ0) is 20.4. The summed E-state index contributed by atoms with van der Waals surface area (Å²) in [5.74, 6) is 0.641. The minimum atomic E-state index is -0.399. The zero-order valence-corrected chi connectivity index (χ0v) is 15.6. The van der Waals surface area contributed by atoms with Gasteiger partial charge in [-0.1, -0.05) is 30.3 Å². The molecular formula is C23H18O6. The highest BCUT2D eigenvalue weighted by molar-refractivity contribution is 5.86. The fourth-order valence-corrected chi connectivity index (χ4v) is 3.05. The van der Waals surface area contributed by atoms with E-state index in [0.29, 0.717) is 23.7 Å². The third-order valence-electron chi connectivity index (χ3n) is 4.50. The quantitative estimate of drug-likeness (QED) is 0.523. The molecule has 0 saturated heterocycles. The zero-order valence-electron chi connectivity index (χ0n) is 15.6. The van der Waals surface area contributed by atoms with Gasteiger partial charge in [0, 0.05) is 23.8 Å². The van der Waals surface area contributed by atoms with Crippen molar-refractivity contribution in [1.82, 2.24) is 0 Å². The lowest BCUT2D eigenvalue weighted by molar-refractivity contribution is 0.304. The van der Waals surface area contributed by atoms with Crippen LogP contribution < -0.4 is 14.9 Å². The number of rotatable bonds is 5. The van der Waals surface area contributed by atoms with Crippen LogP contribution in [0.2, 0.25) is 0 Å². The van der Waals surface area contributed by atoms with E-state index in [0.717, 1.165) is 5.56 Å². The molecule has 0 aliphatic carbocycles. The molecule has 0 bridgehead atoms. The Morgan fingerprint density at radius 3 is 2.45 bits per heavy atom. The minimum Gasteiger partial charge on any atom is -0.507 e. The fourth-order valence-electron chi connectivity index (χ4n) is 3.05. The Labute approximate surface area is 166 Å². The van der Waals surface area contributed by atoms with Gasteiger partial charge >= 0.3 is 0 Å². The van der Waals surface area contributed by atoms with Crippen molar-refractivity contribution in [3.05, 3.63) is 82.5 Å². The SMILES string of the molecule is COc1ccc(-c2cc(=O)c3c(O)cc(OCc4ccccc4)cc3o2)cc1O. The van der Waals surface area contributed by atoms with E-state index in [2.05, 4.69) is 0 Å². The summed E-state index contributed by atoms with van der Waals surface area (Å²) < 4.78 is 16.6. The van der Waals surface area contributed by atoms with Crippen molar-refractivity contribution in [1.29, 1.82) is 0 Å². The van der Waals surface area contributed by atoms with Gasteiger partial charge < -0.3 is 24.1 Å². The summed E-state index contributed by atoms with van der Waals surface area (Å²) in [4.78, 5) is 12.5. The number of phenolic OH excluding ortho intramolecular Hbond substituents is 2. The summed E-state index contributed by atoms with van der Waals surface area (Å²) in [6.45, 7) is 0.308. The van der Waals surface area contributed by atoms with Crippen LogP contribution in [-0.4, -0.2) is 17.3 Å². The van der Waals surface area contributed by atoms with Gasteiger partial charge in [0.15, 0.2) is 16.9 Å². The van der Waals surface area contributed by atoms with Crippen LogP contribution in [0.15, 0.2) is 75.9 Å². The van der Waals surface area contributed by atoms with Crippen LogP contribution in [0.25, 0.3) is 22.3 Å². The molecular weight excluding hydrogens is 372 g/mol. The third-order valence-corrected chi connectivity index (χ3v) is 4.50. The number of aromatic hydroxyl groups is 2. The highest BCUT2D eigenvalue weighted by atomic mass is 16.5. The van der Waals surface area contributed by atoms with Gasteiger partial charge in [0.05, 0.1) is 7.11 Å². The second kappa shape index (κ2) is 7.59. The van der Waals surface area contributed by atoms with E-state index in [1.54, 1.807) is 18.2 Å². The van der Waals surface area contributed by atoms with Crippen molar-refractivity contribution < 1.29 is 24.1 Å². The van der Waals surface area contributed by atoms with Crippen LogP contribution in [0.3, 0.4) is 0 Å². The molecule has 0 saturated carbocycles. The van der Waals surface area contributed by atoms with Crippen LogP contribution in [0.5, 0.6) is 23.0 Å². The summed E-state index contributed by atoms with van der Waals surface area (Å²) in [6.07, 6.45) is 0. The van der Waals surface area contributed by atoms with E-state index in [9.17, 15) is 15.0 Å². The average molecular weight is 390 g/mol. The number of hydrogen-bond donors (Lipinski definition) is 2. The molecule has 0 atom stereocenters. The lowest BCUT2D eigenvalue weighted by atomic mass is 10.1. The molecule has 0 aliphatic rings. The number of hydrogen-bond acceptors (Lipinski definition) is 6. The molecule has 0 aliphatic heterocycles. The molecule has 2 N–H and O–H groups in total. The monoisotopic (exact) mass is 390 g/mol. The molecule has 6 nitrogen and oxygen atoms in total. The van der Waals surface area contributed by atoms with Crippen LogP contribution in [0.1, 0.15) is 5.56 Å². The van der Waals surface area contributed by atoms with Gasteiger partial charge in [0.1, 0.15) is 34.8 Å². The number of methoxy groups -OCH3 is 1. The van der Waals surface area contributed by atoms with E-state index in [4.69, 9.17) is 13.9 Å². The first kappa shape index (κ1) is 18.4.